The molecule has 0 saturated carbocycles. The average molecular weight is 152 g/mol. The lowest BCUT2D eigenvalue weighted by Gasteiger charge is -2.15. The Bertz CT molecular complexity index is 79.5. The highest BCUT2D eigenvalue weighted by Gasteiger charge is 2.18. The number of rotatable bonds is 1. The van der Waals surface area contributed by atoms with Crippen LogP contribution in [0.2, 0.25) is 0 Å². The molecule has 0 spiro atoms. The van der Waals surface area contributed by atoms with Gasteiger partial charge in [0.05, 0.1) is 6.61 Å². The topological polar surface area (TPSA) is 12.5 Å². The van der Waals surface area contributed by atoms with Crippen molar-refractivity contribution in [3.8, 4) is 0 Å². The van der Waals surface area contributed by atoms with Gasteiger partial charge in [-0.15, -0.1) is 12.4 Å². The number of hydroxylamine groups is 2. The molecule has 1 saturated heterocycles. The van der Waals surface area contributed by atoms with Gasteiger partial charge in [-0.1, -0.05) is 6.92 Å². The van der Waals surface area contributed by atoms with Gasteiger partial charge in [-0.25, -0.2) is 0 Å². The molecule has 1 rings (SSSR count). The molecule has 1 heterocycles. The van der Waals surface area contributed by atoms with Gasteiger partial charge < -0.3 is 0 Å². The Hall–Kier alpha value is 0.210. The van der Waals surface area contributed by atoms with E-state index in [1.165, 1.54) is 6.42 Å². The first-order valence-electron chi connectivity index (χ1n) is 3.24. The van der Waals surface area contributed by atoms with Gasteiger partial charge in [0.2, 0.25) is 0 Å². The van der Waals surface area contributed by atoms with Gasteiger partial charge in [-0.2, -0.15) is 5.06 Å². The Balaban J connectivity index is 0.000000640. The molecule has 1 atom stereocenters. The molecule has 0 radical (unpaired) electrons. The minimum absolute atomic E-state index is 0. The fraction of sp³-hybridized carbons (Fsp3) is 1.00. The van der Waals surface area contributed by atoms with Gasteiger partial charge in [0.15, 0.2) is 0 Å². The summed E-state index contributed by atoms with van der Waals surface area (Å²) in [6.45, 7) is 6.23. The molecular weight excluding hydrogens is 138 g/mol. The fourth-order valence-corrected chi connectivity index (χ4v) is 1.01. The molecule has 1 unspecified atom stereocenters. The number of nitrogens with zero attached hydrogens (tertiary/aromatic N) is 1. The van der Waals surface area contributed by atoms with Crippen LogP contribution in [0.15, 0.2) is 0 Å². The van der Waals surface area contributed by atoms with Crippen molar-refractivity contribution in [1.82, 2.24) is 5.06 Å². The lowest BCUT2D eigenvalue weighted by atomic mass is 10.3. The number of hydrogen-bond acceptors (Lipinski definition) is 2. The Morgan fingerprint density at radius 2 is 2.33 bits per heavy atom. The second-order valence-corrected chi connectivity index (χ2v) is 2.20. The summed E-state index contributed by atoms with van der Waals surface area (Å²) in [5, 5.41) is 2.03. The highest BCUT2D eigenvalue weighted by molar-refractivity contribution is 5.85. The quantitative estimate of drug-likeness (QED) is 0.563. The molecule has 0 aliphatic carbocycles. The first-order valence-corrected chi connectivity index (χ1v) is 3.24. The van der Waals surface area contributed by atoms with Crippen LogP contribution in [-0.4, -0.2) is 24.3 Å². The third-order valence-corrected chi connectivity index (χ3v) is 1.60. The molecule has 0 aromatic heterocycles. The van der Waals surface area contributed by atoms with Crippen LogP contribution < -0.4 is 0 Å². The summed E-state index contributed by atoms with van der Waals surface area (Å²) in [6, 6.07) is 0.639. The van der Waals surface area contributed by atoms with E-state index in [1.54, 1.807) is 0 Å². The van der Waals surface area contributed by atoms with Crippen LogP contribution in [0.4, 0.5) is 0 Å². The minimum atomic E-state index is 0. The summed E-state index contributed by atoms with van der Waals surface area (Å²) in [7, 11) is 0. The Kier molecular flexibility index (Phi) is 4.19. The molecule has 0 aromatic rings. The zero-order valence-corrected chi connectivity index (χ0v) is 6.78. The van der Waals surface area contributed by atoms with Gasteiger partial charge in [0, 0.05) is 12.6 Å². The highest BCUT2D eigenvalue weighted by Crippen LogP contribution is 2.11. The van der Waals surface area contributed by atoms with Crippen molar-refractivity contribution in [2.24, 2.45) is 0 Å². The van der Waals surface area contributed by atoms with E-state index in [0.717, 1.165) is 13.2 Å². The van der Waals surface area contributed by atoms with Crippen molar-refractivity contribution < 1.29 is 4.84 Å². The van der Waals surface area contributed by atoms with E-state index in [0.29, 0.717) is 6.04 Å². The molecule has 0 N–H and O–H groups in total. The van der Waals surface area contributed by atoms with Gasteiger partial charge in [0.1, 0.15) is 0 Å². The van der Waals surface area contributed by atoms with Crippen molar-refractivity contribution in [3.63, 3.8) is 0 Å². The molecule has 0 amide bonds. The first-order chi connectivity index (χ1) is 3.84. The molecular formula is C6H14ClNO. The third kappa shape index (κ3) is 2.12. The van der Waals surface area contributed by atoms with Crippen molar-refractivity contribution >= 4 is 12.4 Å². The zero-order chi connectivity index (χ0) is 5.98. The number of halogens is 1. The molecule has 3 heteroatoms. The Labute approximate surface area is 62.5 Å². The van der Waals surface area contributed by atoms with E-state index < -0.39 is 0 Å². The van der Waals surface area contributed by atoms with E-state index >= 15 is 0 Å². The smallest absolute Gasteiger partial charge is 0.0700 e. The van der Waals surface area contributed by atoms with Crippen LogP contribution >= 0.6 is 12.4 Å². The maximum atomic E-state index is 5.25. The maximum Gasteiger partial charge on any atom is 0.0700 e. The van der Waals surface area contributed by atoms with Crippen LogP contribution in [0, 0.1) is 0 Å². The molecule has 0 aromatic carbocycles. The van der Waals surface area contributed by atoms with E-state index in [9.17, 15) is 0 Å². The molecule has 56 valence electrons. The fourth-order valence-electron chi connectivity index (χ4n) is 1.01. The summed E-state index contributed by atoms with van der Waals surface area (Å²) in [5.74, 6) is 0. The van der Waals surface area contributed by atoms with Gasteiger partial charge in [0.25, 0.3) is 0 Å². The van der Waals surface area contributed by atoms with Gasteiger partial charge in [-0.3, -0.25) is 4.84 Å². The molecule has 1 aliphatic rings. The Morgan fingerprint density at radius 1 is 1.67 bits per heavy atom. The zero-order valence-electron chi connectivity index (χ0n) is 5.96. The highest BCUT2D eigenvalue weighted by atomic mass is 35.5. The lowest BCUT2D eigenvalue weighted by Crippen LogP contribution is -2.24. The second-order valence-electron chi connectivity index (χ2n) is 2.20. The normalized spacial score (nSPS) is 28.0. The molecule has 9 heavy (non-hydrogen) atoms. The van der Waals surface area contributed by atoms with E-state index in [4.69, 9.17) is 4.84 Å². The van der Waals surface area contributed by atoms with Crippen molar-refractivity contribution in [2.75, 3.05) is 13.2 Å². The van der Waals surface area contributed by atoms with Crippen LogP contribution in [0.5, 0.6) is 0 Å². The summed E-state index contributed by atoms with van der Waals surface area (Å²) in [6.07, 6.45) is 1.19. The predicted molar refractivity (Wildman–Crippen MR) is 39.7 cm³/mol. The second kappa shape index (κ2) is 4.09. The monoisotopic (exact) mass is 151 g/mol. The van der Waals surface area contributed by atoms with E-state index in [2.05, 4.69) is 13.8 Å². The molecule has 1 aliphatic heterocycles. The molecule has 2 nitrogen and oxygen atoms in total. The SMILES string of the molecule is CCN1OCCC1C.Cl. The van der Waals surface area contributed by atoms with Crippen LogP contribution in [0.25, 0.3) is 0 Å². The van der Waals surface area contributed by atoms with Crippen molar-refractivity contribution in [2.45, 2.75) is 26.3 Å². The summed E-state index contributed by atoms with van der Waals surface area (Å²) in [4.78, 5) is 5.25. The third-order valence-electron chi connectivity index (χ3n) is 1.60. The van der Waals surface area contributed by atoms with Crippen LogP contribution in [0.1, 0.15) is 20.3 Å². The van der Waals surface area contributed by atoms with Gasteiger partial charge >= 0.3 is 0 Å². The van der Waals surface area contributed by atoms with E-state index in [1.807, 2.05) is 5.06 Å². The largest absolute Gasteiger partial charge is 0.299 e. The van der Waals surface area contributed by atoms with Gasteiger partial charge in [-0.05, 0) is 13.3 Å². The predicted octanol–water partition coefficient (Wildman–Crippen LogP) is 1.45. The van der Waals surface area contributed by atoms with E-state index in [-0.39, 0.29) is 12.4 Å². The lowest BCUT2D eigenvalue weighted by molar-refractivity contribution is -0.124. The summed E-state index contributed by atoms with van der Waals surface area (Å²) in [5.41, 5.74) is 0. The summed E-state index contributed by atoms with van der Waals surface area (Å²) >= 11 is 0. The Morgan fingerprint density at radius 3 is 2.56 bits per heavy atom. The molecule has 1 fully saturated rings. The summed E-state index contributed by atoms with van der Waals surface area (Å²) < 4.78 is 0. The number of hydrogen-bond donors (Lipinski definition) is 0. The van der Waals surface area contributed by atoms with Crippen molar-refractivity contribution in [3.05, 3.63) is 0 Å². The van der Waals surface area contributed by atoms with Crippen molar-refractivity contribution in [1.29, 1.82) is 0 Å². The van der Waals surface area contributed by atoms with Crippen LogP contribution in [0.3, 0.4) is 0 Å². The first kappa shape index (κ1) is 9.21. The average Bonchev–Trinajstić information content (AvgIpc) is 2.14. The maximum absolute atomic E-state index is 5.25. The van der Waals surface area contributed by atoms with Crippen LogP contribution in [-0.2, 0) is 4.84 Å². The molecule has 0 bridgehead atoms. The standard InChI is InChI=1S/C6H13NO.ClH/c1-3-7-6(2)4-5-8-7;/h6H,3-5H2,1-2H3;1H. The minimum Gasteiger partial charge on any atom is -0.299 e.